The van der Waals surface area contributed by atoms with Crippen molar-refractivity contribution < 1.29 is 19.1 Å². The second-order valence-corrected chi connectivity index (χ2v) is 6.36. The Morgan fingerprint density at radius 3 is 2.55 bits per heavy atom. The van der Waals surface area contributed by atoms with Gasteiger partial charge in [0.05, 0.1) is 30.2 Å². The summed E-state index contributed by atoms with van der Waals surface area (Å²) in [4.78, 5) is 25.0. The zero-order valence-corrected chi connectivity index (χ0v) is 16.6. The van der Waals surface area contributed by atoms with E-state index in [1.807, 2.05) is 0 Å². The fraction of sp³-hybridized carbons (Fsp3) is 0.200. The van der Waals surface area contributed by atoms with E-state index in [4.69, 9.17) is 21.1 Å². The lowest BCUT2D eigenvalue weighted by Crippen LogP contribution is -2.18. The molecule has 1 amide bonds. The molecule has 0 atom stereocenters. The number of hydrogen-bond donors (Lipinski definition) is 1. The fourth-order valence-corrected chi connectivity index (χ4v) is 2.82. The highest BCUT2D eigenvalue weighted by Crippen LogP contribution is 2.20. The van der Waals surface area contributed by atoms with Crippen LogP contribution in [0.2, 0.25) is 5.02 Å². The monoisotopic (exact) mass is 414 g/mol. The Hall–Kier alpha value is -3.23. The molecule has 150 valence electrons. The molecule has 29 heavy (non-hydrogen) atoms. The number of hydrogen-bond acceptors (Lipinski definition) is 6. The molecule has 9 heteroatoms. The number of esters is 1. The van der Waals surface area contributed by atoms with Gasteiger partial charge in [0.1, 0.15) is 5.69 Å². The lowest BCUT2D eigenvalue weighted by atomic mass is 10.1. The molecule has 8 nitrogen and oxygen atoms in total. The van der Waals surface area contributed by atoms with Crippen LogP contribution in [0.1, 0.15) is 33.5 Å². The summed E-state index contributed by atoms with van der Waals surface area (Å²) < 4.78 is 11.8. The summed E-state index contributed by atoms with van der Waals surface area (Å²) in [6.07, 6.45) is 0. The van der Waals surface area contributed by atoms with Gasteiger partial charge in [-0.25, -0.2) is 9.48 Å². The summed E-state index contributed by atoms with van der Waals surface area (Å²) in [5.74, 6) is -1.04. The number of ether oxygens (including phenoxy) is 2. The van der Waals surface area contributed by atoms with Crippen LogP contribution in [0.4, 0.5) is 5.69 Å². The molecule has 0 bridgehead atoms. The summed E-state index contributed by atoms with van der Waals surface area (Å²) in [6.45, 7) is 2.05. The average molecular weight is 415 g/mol. The van der Waals surface area contributed by atoms with Crippen molar-refractivity contribution in [1.29, 1.82) is 0 Å². The van der Waals surface area contributed by atoms with Crippen LogP contribution in [-0.2, 0) is 16.1 Å². The second kappa shape index (κ2) is 9.31. The number of para-hydroxylation sites is 1. The normalized spacial score (nSPS) is 10.6. The zero-order chi connectivity index (χ0) is 20.8. The van der Waals surface area contributed by atoms with Crippen molar-refractivity contribution in [3.05, 3.63) is 70.5 Å². The predicted molar refractivity (Wildman–Crippen MR) is 107 cm³/mol. The van der Waals surface area contributed by atoms with Gasteiger partial charge in [-0.05, 0) is 43.3 Å². The Labute approximate surface area is 172 Å². The maximum absolute atomic E-state index is 12.9. The number of rotatable bonds is 7. The average Bonchev–Trinajstić information content (AvgIpc) is 3.13. The van der Waals surface area contributed by atoms with Gasteiger partial charge in [-0.2, -0.15) is 0 Å². The number of nitrogens with zero attached hydrogens (tertiary/aromatic N) is 3. The van der Waals surface area contributed by atoms with E-state index in [1.54, 1.807) is 55.5 Å². The van der Waals surface area contributed by atoms with E-state index >= 15 is 0 Å². The molecule has 0 radical (unpaired) electrons. The van der Waals surface area contributed by atoms with E-state index in [2.05, 4.69) is 15.6 Å². The number of nitrogens with one attached hydrogen (secondary N) is 1. The Kier molecular flexibility index (Phi) is 6.58. The van der Waals surface area contributed by atoms with Crippen LogP contribution < -0.4 is 5.32 Å². The minimum absolute atomic E-state index is 0.0838. The molecule has 0 unspecified atom stereocenters. The Balaban J connectivity index is 1.92. The molecule has 0 aliphatic rings. The summed E-state index contributed by atoms with van der Waals surface area (Å²) >= 11 is 5.94. The molecule has 1 N–H and O–H groups in total. The SMILES string of the molecule is CCOC(=O)c1ccccc1NC(=O)c1nnn(-c2ccc(Cl)cc2)c1COC. The van der Waals surface area contributed by atoms with Gasteiger partial charge in [-0.1, -0.05) is 28.9 Å². The minimum atomic E-state index is -0.523. The van der Waals surface area contributed by atoms with Gasteiger partial charge in [-0.3, -0.25) is 4.79 Å². The minimum Gasteiger partial charge on any atom is -0.462 e. The number of aromatic nitrogens is 3. The van der Waals surface area contributed by atoms with Crippen molar-refractivity contribution in [2.75, 3.05) is 19.0 Å². The number of benzene rings is 2. The van der Waals surface area contributed by atoms with E-state index in [9.17, 15) is 9.59 Å². The first-order chi connectivity index (χ1) is 14.0. The number of methoxy groups -OCH3 is 1. The number of halogens is 1. The van der Waals surface area contributed by atoms with Crippen LogP contribution in [0.25, 0.3) is 5.69 Å². The van der Waals surface area contributed by atoms with Crippen molar-refractivity contribution >= 4 is 29.2 Å². The zero-order valence-electron chi connectivity index (χ0n) is 15.9. The Morgan fingerprint density at radius 1 is 1.14 bits per heavy atom. The topological polar surface area (TPSA) is 95.3 Å². The van der Waals surface area contributed by atoms with Gasteiger partial charge in [0, 0.05) is 12.1 Å². The fourth-order valence-electron chi connectivity index (χ4n) is 2.69. The Bertz CT molecular complexity index is 1020. The quantitative estimate of drug-likeness (QED) is 0.594. The van der Waals surface area contributed by atoms with Gasteiger partial charge in [0.15, 0.2) is 5.69 Å². The van der Waals surface area contributed by atoms with Crippen LogP contribution >= 0.6 is 11.6 Å². The molecule has 3 aromatic rings. The van der Waals surface area contributed by atoms with E-state index in [0.29, 0.717) is 22.1 Å². The van der Waals surface area contributed by atoms with Gasteiger partial charge in [0.25, 0.3) is 5.91 Å². The molecule has 0 fully saturated rings. The van der Waals surface area contributed by atoms with Crippen molar-refractivity contribution in [3.8, 4) is 5.69 Å². The van der Waals surface area contributed by atoms with E-state index < -0.39 is 11.9 Å². The van der Waals surface area contributed by atoms with Crippen LogP contribution in [0.5, 0.6) is 0 Å². The Morgan fingerprint density at radius 2 is 1.86 bits per heavy atom. The second-order valence-electron chi connectivity index (χ2n) is 5.93. The van der Waals surface area contributed by atoms with Gasteiger partial charge in [-0.15, -0.1) is 5.10 Å². The number of carbonyl (C=O) groups excluding carboxylic acids is 2. The molecule has 0 spiro atoms. The van der Waals surface area contributed by atoms with Crippen LogP contribution in [-0.4, -0.2) is 40.6 Å². The molecule has 0 saturated carbocycles. The van der Waals surface area contributed by atoms with E-state index in [1.165, 1.54) is 11.8 Å². The van der Waals surface area contributed by atoms with Gasteiger partial charge in [0.2, 0.25) is 0 Å². The van der Waals surface area contributed by atoms with Crippen molar-refractivity contribution in [2.24, 2.45) is 0 Å². The summed E-state index contributed by atoms with van der Waals surface area (Å²) in [5, 5.41) is 11.4. The van der Waals surface area contributed by atoms with E-state index in [0.717, 1.165) is 0 Å². The highest BCUT2D eigenvalue weighted by atomic mass is 35.5. The third-order valence-electron chi connectivity index (χ3n) is 4.00. The molecule has 3 rings (SSSR count). The third kappa shape index (κ3) is 4.61. The highest BCUT2D eigenvalue weighted by Gasteiger charge is 2.22. The maximum Gasteiger partial charge on any atom is 0.340 e. The summed E-state index contributed by atoms with van der Waals surface area (Å²) in [6, 6.07) is 13.5. The highest BCUT2D eigenvalue weighted by molar-refractivity contribution is 6.30. The smallest absolute Gasteiger partial charge is 0.340 e. The number of carbonyl (C=O) groups is 2. The van der Waals surface area contributed by atoms with Gasteiger partial charge < -0.3 is 14.8 Å². The van der Waals surface area contributed by atoms with Crippen molar-refractivity contribution in [2.45, 2.75) is 13.5 Å². The number of amides is 1. The van der Waals surface area contributed by atoms with Crippen molar-refractivity contribution in [1.82, 2.24) is 15.0 Å². The molecular weight excluding hydrogens is 396 g/mol. The predicted octanol–water partition coefficient (Wildman–Crippen LogP) is 3.50. The molecule has 0 saturated heterocycles. The maximum atomic E-state index is 12.9. The van der Waals surface area contributed by atoms with Crippen molar-refractivity contribution in [3.63, 3.8) is 0 Å². The lowest BCUT2D eigenvalue weighted by molar-refractivity contribution is 0.0527. The van der Waals surface area contributed by atoms with Crippen LogP contribution in [0, 0.1) is 0 Å². The standard InChI is InChI=1S/C20H19ClN4O4/c1-3-29-20(27)15-6-4-5-7-16(15)22-19(26)18-17(12-28-2)25(24-23-18)14-10-8-13(21)9-11-14/h4-11H,3,12H2,1-2H3,(H,22,26). The first-order valence-electron chi connectivity index (χ1n) is 8.82. The lowest BCUT2D eigenvalue weighted by Gasteiger charge is -2.10. The summed E-state index contributed by atoms with van der Waals surface area (Å²) in [7, 11) is 1.51. The number of anilines is 1. The molecule has 1 aromatic heterocycles. The first kappa shape index (κ1) is 20.5. The molecule has 2 aromatic carbocycles. The van der Waals surface area contributed by atoms with E-state index in [-0.39, 0.29) is 24.5 Å². The molecular formula is C20H19ClN4O4. The molecule has 0 aliphatic heterocycles. The molecule has 0 aliphatic carbocycles. The molecule has 1 heterocycles. The summed E-state index contributed by atoms with van der Waals surface area (Å²) in [5.41, 5.74) is 1.79. The van der Waals surface area contributed by atoms with Crippen LogP contribution in [0.15, 0.2) is 48.5 Å². The largest absolute Gasteiger partial charge is 0.462 e. The third-order valence-corrected chi connectivity index (χ3v) is 4.25. The van der Waals surface area contributed by atoms with Crippen LogP contribution in [0.3, 0.4) is 0 Å². The van der Waals surface area contributed by atoms with Gasteiger partial charge >= 0.3 is 5.97 Å². The first-order valence-corrected chi connectivity index (χ1v) is 9.20.